The number of hydrogen-bond donors (Lipinski definition) is 0. The van der Waals surface area contributed by atoms with E-state index in [1.165, 1.54) is 11.3 Å². The van der Waals surface area contributed by atoms with Crippen molar-refractivity contribution in [3.05, 3.63) is 69.9 Å². The number of carbonyl (C=O) groups excluding carboxylic acids is 1. The molecule has 3 aromatic rings. The van der Waals surface area contributed by atoms with Gasteiger partial charge in [0.1, 0.15) is 0 Å². The van der Waals surface area contributed by atoms with Crippen molar-refractivity contribution in [2.24, 2.45) is 0 Å². The van der Waals surface area contributed by atoms with Gasteiger partial charge in [0.15, 0.2) is 11.5 Å². The number of benzene rings is 2. The topological polar surface area (TPSA) is 76.2 Å². The fraction of sp³-hybridized carbons (Fsp3) is 0.320. The van der Waals surface area contributed by atoms with Crippen molar-refractivity contribution in [3.8, 4) is 11.5 Å². The van der Waals surface area contributed by atoms with Crippen LogP contribution in [0.5, 0.6) is 11.5 Å². The summed E-state index contributed by atoms with van der Waals surface area (Å²) in [5.41, 5.74) is 2.68. The van der Waals surface area contributed by atoms with E-state index in [-0.39, 0.29) is 10.8 Å². The Morgan fingerprint density at radius 2 is 1.71 bits per heavy atom. The molecule has 178 valence electrons. The number of carbonyl (C=O) groups is 1. The summed E-state index contributed by atoms with van der Waals surface area (Å²) in [6, 6.07) is 13.9. The van der Waals surface area contributed by atoms with Gasteiger partial charge >= 0.3 is 0 Å². The molecule has 2 aromatic carbocycles. The van der Waals surface area contributed by atoms with Gasteiger partial charge < -0.3 is 14.4 Å². The van der Waals surface area contributed by atoms with Crippen molar-refractivity contribution in [2.75, 3.05) is 32.2 Å². The highest BCUT2D eigenvalue weighted by Gasteiger charge is 2.39. The third-order valence-electron chi connectivity index (χ3n) is 6.47. The molecule has 0 aliphatic carbocycles. The van der Waals surface area contributed by atoms with Crippen LogP contribution in [-0.2, 0) is 21.2 Å². The van der Waals surface area contributed by atoms with Gasteiger partial charge in [-0.1, -0.05) is 6.07 Å². The monoisotopic (exact) mass is 498 g/mol. The molecule has 1 atom stereocenters. The van der Waals surface area contributed by atoms with E-state index in [2.05, 4.69) is 0 Å². The second-order valence-corrected chi connectivity index (χ2v) is 11.2. The summed E-state index contributed by atoms with van der Waals surface area (Å²) >= 11 is 1.53. The molecule has 2 aliphatic rings. The number of methoxy groups -OCH3 is 2. The molecule has 0 N–H and O–H groups in total. The van der Waals surface area contributed by atoms with Gasteiger partial charge in [0.05, 0.1) is 25.2 Å². The van der Waals surface area contributed by atoms with E-state index in [4.69, 9.17) is 9.47 Å². The van der Waals surface area contributed by atoms with Crippen molar-refractivity contribution in [3.63, 3.8) is 0 Å². The number of anilines is 1. The van der Waals surface area contributed by atoms with E-state index in [0.29, 0.717) is 37.4 Å². The van der Waals surface area contributed by atoms with Crippen LogP contribution in [-0.4, -0.2) is 45.9 Å². The lowest BCUT2D eigenvalue weighted by Gasteiger charge is -2.36. The van der Waals surface area contributed by atoms with Crippen LogP contribution in [0.15, 0.2) is 58.8 Å². The van der Waals surface area contributed by atoms with Crippen molar-refractivity contribution in [1.29, 1.82) is 0 Å². The molecule has 5 rings (SSSR count). The van der Waals surface area contributed by atoms with Crippen LogP contribution < -0.4 is 14.4 Å². The number of thiophene rings is 1. The highest BCUT2D eigenvalue weighted by atomic mass is 32.2. The van der Waals surface area contributed by atoms with Gasteiger partial charge in [-0.25, -0.2) is 8.42 Å². The maximum atomic E-state index is 13.9. The lowest BCUT2D eigenvalue weighted by atomic mass is 9.92. The Bertz CT molecular complexity index is 1300. The molecular formula is C25H26N2O5S2. The molecular weight excluding hydrogens is 472 g/mol. The molecule has 0 radical (unpaired) electrons. The Hall–Kier alpha value is -2.88. The maximum absolute atomic E-state index is 13.9. The summed E-state index contributed by atoms with van der Waals surface area (Å²) in [4.78, 5) is 14.9. The summed E-state index contributed by atoms with van der Waals surface area (Å²) in [6.07, 6.45) is 1.92. The first kappa shape index (κ1) is 22.9. The van der Waals surface area contributed by atoms with Gasteiger partial charge in [-0.3, -0.25) is 4.79 Å². The zero-order chi connectivity index (χ0) is 23.9. The van der Waals surface area contributed by atoms with E-state index in [1.807, 2.05) is 29.6 Å². The zero-order valence-electron chi connectivity index (χ0n) is 19.1. The second kappa shape index (κ2) is 9.05. The normalized spacial score (nSPS) is 18.7. The summed E-state index contributed by atoms with van der Waals surface area (Å²) < 4.78 is 40.3. The van der Waals surface area contributed by atoms with Crippen LogP contribution in [0.2, 0.25) is 0 Å². The maximum Gasteiger partial charge on any atom is 0.243 e. The molecule has 9 heteroatoms. The van der Waals surface area contributed by atoms with Gasteiger partial charge in [-0.05, 0) is 71.8 Å². The van der Waals surface area contributed by atoms with Gasteiger partial charge in [0.2, 0.25) is 15.9 Å². The molecule has 0 spiro atoms. The number of hydrogen-bond acceptors (Lipinski definition) is 6. The number of rotatable bonds is 6. The van der Waals surface area contributed by atoms with Gasteiger partial charge in [-0.15, -0.1) is 11.3 Å². The van der Waals surface area contributed by atoms with Crippen LogP contribution in [0.3, 0.4) is 0 Å². The fourth-order valence-corrected chi connectivity index (χ4v) is 7.29. The number of nitrogens with zero attached hydrogens (tertiary/aromatic N) is 2. The number of ether oxygens (including phenoxy) is 2. The molecule has 1 fully saturated rings. The van der Waals surface area contributed by atoms with Crippen molar-refractivity contribution < 1.29 is 22.7 Å². The summed E-state index contributed by atoms with van der Waals surface area (Å²) in [5.74, 6) is 1.28. The third kappa shape index (κ3) is 3.87. The molecule has 2 aliphatic heterocycles. The average molecular weight is 499 g/mol. The minimum absolute atomic E-state index is 0.0744. The van der Waals surface area contributed by atoms with Gasteiger partial charge in [0, 0.05) is 30.1 Å². The van der Waals surface area contributed by atoms with E-state index >= 15 is 0 Å². The van der Waals surface area contributed by atoms with E-state index in [1.54, 1.807) is 47.7 Å². The molecule has 1 saturated heterocycles. The van der Waals surface area contributed by atoms with Crippen molar-refractivity contribution in [2.45, 2.75) is 30.2 Å². The summed E-state index contributed by atoms with van der Waals surface area (Å²) in [7, 11) is -0.630. The average Bonchev–Trinajstić information content (AvgIpc) is 3.54. The zero-order valence-corrected chi connectivity index (χ0v) is 20.7. The first-order valence-corrected chi connectivity index (χ1v) is 13.5. The van der Waals surface area contributed by atoms with Crippen LogP contribution >= 0.6 is 11.3 Å². The van der Waals surface area contributed by atoms with Gasteiger partial charge in [-0.2, -0.15) is 4.31 Å². The van der Waals surface area contributed by atoms with Crippen LogP contribution in [0.1, 0.15) is 34.9 Å². The lowest BCUT2D eigenvalue weighted by Crippen LogP contribution is -2.40. The second-order valence-electron chi connectivity index (χ2n) is 8.33. The molecule has 34 heavy (non-hydrogen) atoms. The molecule has 7 nitrogen and oxygen atoms in total. The SMILES string of the molecule is COc1cc2c(cc1OC)[C@@H](c1cccs1)N(S(=O)(=O)c1ccc(N3CCCC3=O)cc1)CC2. The van der Waals surface area contributed by atoms with Crippen molar-refractivity contribution >= 4 is 33.0 Å². The molecule has 3 heterocycles. The smallest absolute Gasteiger partial charge is 0.243 e. The first-order valence-electron chi connectivity index (χ1n) is 11.1. The van der Waals surface area contributed by atoms with E-state index in [0.717, 1.165) is 28.1 Å². The Labute approximate surface area is 203 Å². The molecule has 0 unspecified atom stereocenters. The molecule has 0 bridgehead atoms. The summed E-state index contributed by atoms with van der Waals surface area (Å²) in [6.45, 7) is 1.01. The Morgan fingerprint density at radius 3 is 2.32 bits per heavy atom. The van der Waals surface area contributed by atoms with Crippen LogP contribution in [0.25, 0.3) is 0 Å². The predicted octanol–water partition coefficient (Wildman–Crippen LogP) is 4.23. The molecule has 1 amide bonds. The number of sulfonamides is 1. The Balaban J connectivity index is 1.55. The minimum atomic E-state index is -3.80. The third-order valence-corrected chi connectivity index (χ3v) is 9.27. The number of fused-ring (bicyclic) bond motifs is 1. The first-order chi connectivity index (χ1) is 16.4. The summed E-state index contributed by atoms with van der Waals surface area (Å²) in [5, 5.41) is 1.96. The lowest BCUT2D eigenvalue weighted by molar-refractivity contribution is -0.117. The minimum Gasteiger partial charge on any atom is -0.493 e. The van der Waals surface area contributed by atoms with E-state index in [9.17, 15) is 13.2 Å². The predicted molar refractivity (Wildman–Crippen MR) is 131 cm³/mol. The molecule has 0 saturated carbocycles. The largest absolute Gasteiger partial charge is 0.493 e. The standard InChI is InChI=1S/C25H26N2O5S2/c1-31-21-15-17-11-13-27(25(23-5-4-14-33-23)20(17)16-22(21)32-2)34(29,30)19-9-7-18(8-10-19)26-12-3-6-24(26)28/h4-5,7-10,14-16,25H,3,6,11-13H2,1-2H3/t25-/m0/s1. The Kier molecular flexibility index (Phi) is 6.09. The fourth-order valence-electron chi connectivity index (χ4n) is 4.78. The van der Waals surface area contributed by atoms with Crippen LogP contribution in [0.4, 0.5) is 5.69 Å². The van der Waals surface area contributed by atoms with Crippen LogP contribution in [0, 0.1) is 0 Å². The quantitative estimate of drug-likeness (QED) is 0.509. The van der Waals surface area contributed by atoms with E-state index < -0.39 is 16.1 Å². The number of amides is 1. The van der Waals surface area contributed by atoms with Gasteiger partial charge in [0.25, 0.3) is 0 Å². The van der Waals surface area contributed by atoms with Crippen molar-refractivity contribution in [1.82, 2.24) is 4.31 Å². The highest BCUT2D eigenvalue weighted by molar-refractivity contribution is 7.89. The highest BCUT2D eigenvalue weighted by Crippen LogP contribution is 2.44. The molecule has 1 aromatic heterocycles. The Morgan fingerprint density at radius 1 is 0.971 bits per heavy atom.